The average Bonchev–Trinajstić information content (AvgIpc) is 3.34. The number of hydrogen-bond acceptors (Lipinski definition) is 6. The van der Waals surface area contributed by atoms with Crippen molar-refractivity contribution in [1.29, 1.82) is 0 Å². The number of hydrogen-bond donors (Lipinski definition) is 3. The first-order valence-corrected chi connectivity index (χ1v) is 11.9. The molecule has 0 spiro atoms. The van der Waals surface area contributed by atoms with Crippen molar-refractivity contribution >= 4 is 24.3 Å². The summed E-state index contributed by atoms with van der Waals surface area (Å²) < 4.78 is 1.49. The van der Waals surface area contributed by atoms with E-state index in [2.05, 4.69) is 15.2 Å². The van der Waals surface area contributed by atoms with Crippen LogP contribution in [0.25, 0.3) is 5.69 Å². The van der Waals surface area contributed by atoms with Crippen LogP contribution in [0, 0.1) is 11.8 Å². The predicted molar refractivity (Wildman–Crippen MR) is 134 cm³/mol. The highest BCUT2D eigenvalue weighted by Gasteiger charge is 2.41. The number of halogens is 1. The molecular formula is C24H34ClN7O2. The number of aromatic nitrogens is 2. The van der Waals surface area contributed by atoms with Crippen molar-refractivity contribution in [1.82, 2.24) is 19.4 Å². The van der Waals surface area contributed by atoms with Crippen molar-refractivity contribution in [3.8, 4) is 5.69 Å². The van der Waals surface area contributed by atoms with E-state index in [0.717, 1.165) is 64.1 Å². The molecule has 34 heavy (non-hydrogen) atoms. The summed E-state index contributed by atoms with van der Waals surface area (Å²) in [5.74, 6) is 1.25. The molecule has 1 saturated carbocycles. The molecule has 2 aromatic rings. The molecule has 3 heterocycles. The molecule has 2 saturated heterocycles. The Kier molecular flexibility index (Phi) is 7.57. The Morgan fingerprint density at radius 3 is 2.26 bits per heavy atom. The maximum atomic E-state index is 12.6. The van der Waals surface area contributed by atoms with Gasteiger partial charge < -0.3 is 16.4 Å². The minimum atomic E-state index is -0.421. The van der Waals surface area contributed by atoms with E-state index in [9.17, 15) is 9.59 Å². The molecule has 5 N–H and O–H groups in total. The van der Waals surface area contributed by atoms with Crippen molar-refractivity contribution in [3.05, 3.63) is 52.6 Å². The predicted octanol–water partition coefficient (Wildman–Crippen LogP) is 1.78. The first-order chi connectivity index (χ1) is 15.9. The fraction of sp³-hybridized carbons (Fsp3) is 0.542. The van der Waals surface area contributed by atoms with Gasteiger partial charge in [-0.25, -0.2) is 9.59 Å². The minimum Gasteiger partial charge on any atom is -0.328 e. The van der Waals surface area contributed by atoms with Gasteiger partial charge in [0.15, 0.2) is 0 Å². The number of carbonyl (C=O) groups is 1. The van der Waals surface area contributed by atoms with Crippen molar-refractivity contribution in [2.75, 3.05) is 31.5 Å². The number of nitrogens with zero attached hydrogens (tertiary/aromatic N) is 4. The van der Waals surface area contributed by atoms with Gasteiger partial charge in [0, 0.05) is 37.9 Å². The van der Waals surface area contributed by atoms with E-state index in [1.165, 1.54) is 10.1 Å². The summed E-state index contributed by atoms with van der Waals surface area (Å²) in [6.45, 7) is 4.36. The van der Waals surface area contributed by atoms with E-state index in [4.69, 9.17) is 11.5 Å². The number of amides is 2. The van der Waals surface area contributed by atoms with Gasteiger partial charge in [-0.05, 0) is 74.4 Å². The molecule has 1 aromatic heterocycles. The number of nitrogens with one attached hydrogen (secondary N) is 1. The van der Waals surface area contributed by atoms with Crippen LogP contribution in [0.15, 0.2) is 41.3 Å². The molecule has 1 aliphatic carbocycles. The van der Waals surface area contributed by atoms with Crippen LogP contribution in [-0.4, -0.2) is 63.6 Å². The van der Waals surface area contributed by atoms with E-state index in [0.29, 0.717) is 17.9 Å². The molecule has 2 amide bonds. The third-order valence-electron chi connectivity index (χ3n) is 7.37. The van der Waals surface area contributed by atoms with Crippen molar-refractivity contribution < 1.29 is 4.79 Å². The highest BCUT2D eigenvalue weighted by atomic mass is 35.5. The molecule has 1 aromatic carbocycles. The standard InChI is InChI=1S/C24H33N7O2.ClH/c25-19-5-8-29(9-6-19)13-16-1-3-21(4-2-16)31-10-7-22(28-24(31)33)27-23(32)30-14-17-11-20(26)12-18(17)15-30;/h1-4,7,10,17-20H,5-6,8-9,11-15,25-26H2,(H,27,28,32,33);1H/t17-,18+,20-;. The SMILES string of the molecule is Cl.NC1CCN(Cc2ccc(-n3ccc(NC(=O)N4C[C@H]5C[C@@H](N)C[C@H]5C4)nc3=O)cc2)CC1. The number of likely N-dealkylation sites (tertiary alicyclic amines) is 2. The number of fused-ring (bicyclic) bond motifs is 1. The second-order valence-electron chi connectivity index (χ2n) is 9.83. The van der Waals surface area contributed by atoms with Gasteiger partial charge >= 0.3 is 11.7 Å². The third kappa shape index (κ3) is 5.43. The van der Waals surface area contributed by atoms with Gasteiger partial charge in [0.25, 0.3) is 0 Å². The lowest BCUT2D eigenvalue weighted by atomic mass is 10.0. The zero-order valence-electron chi connectivity index (χ0n) is 19.3. The zero-order valence-corrected chi connectivity index (χ0v) is 20.1. The first kappa shape index (κ1) is 24.7. The second-order valence-corrected chi connectivity index (χ2v) is 9.83. The van der Waals surface area contributed by atoms with Crippen LogP contribution in [0.1, 0.15) is 31.2 Å². The van der Waals surface area contributed by atoms with Crippen molar-refractivity contribution in [3.63, 3.8) is 0 Å². The lowest BCUT2D eigenvalue weighted by Crippen LogP contribution is -2.39. The van der Waals surface area contributed by atoms with Gasteiger partial charge in [-0.1, -0.05) is 12.1 Å². The van der Waals surface area contributed by atoms with E-state index in [1.54, 1.807) is 12.3 Å². The number of carbonyl (C=O) groups excluding carboxylic acids is 1. The molecule has 10 heteroatoms. The summed E-state index contributed by atoms with van der Waals surface area (Å²) in [6, 6.07) is 9.99. The monoisotopic (exact) mass is 487 g/mol. The van der Waals surface area contributed by atoms with Crippen molar-refractivity contribution in [2.24, 2.45) is 23.3 Å². The highest BCUT2D eigenvalue weighted by Crippen LogP contribution is 2.37. The molecule has 0 unspecified atom stereocenters. The van der Waals surface area contributed by atoms with Crippen LogP contribution in [0.2, 0.25) is 0 Å². The van der Waals surface area contributed by atoms with Crippen LogP contribution in [-0.2, 0) is 6.54 Å². The van der Waals surface area contributed by atoms with Crippen LogP contribution < -0.4 is 22.5 Å². The van der Waals surface area contributed by atoms with Crippen molar-refractivity contribution in [2.45, 2.75) is 44.3 Å². The van der Waals surface area contributed by atoms with Gasteiger partial charge in [-0.3, -0.25) is 14.8 Å². The third-order valence-corrected chi connectivity index (χ3v) is 7.37. The highest BCUT2D eigenvalue weighted by molar-refractivity contribution is 5.88. The maximum absolute atomic E-state index is 12.6. The molecular weight excluding hydrogens is 454 g/mol. The fourth-order valence-electron chi connectivity index (χ4n) is 5.50. The molecule has 9 nitrogen and oxygen atoms in total. The molecule has 5 rings (SSSR count). The zero-order chi connectivity index (χ0) is 22.9. The number of benzene rings is 1. The normalized spacial score (nSPS) is 25.1. The largest absolute Gasteiger partial charge is 0.354 e. The number of urea groups is 1. The van der Waals surface area contributed by atoms with Crippen LogP contribution in [0.4, 0.5) is 10.6 Å². The quantitative estimate of drug-likeness (QED) is 0.604. The van der Waals surface area contributed by atoms with Gasteiger partial charge in [0.1, 0.15) is 5.82 Å². The Morgan fingerprint density at radius 2 is 1.65 bits per heavy atom. The number of piperidine rings is 1. The first-order valence-electron chi connectivity index (χ1n) is 11.9. The average molecular weight is 488 g/mol. The van der Waals surface area contributed by atoms with Gasteiger partial charge in [-0.15, -0.1) is 12.4 Å². The lowest BCUT2D eigenvalue weighted by molar-refractivity contribution is 0.205. The molecule has 2 aliphatic heterocycles. The Morgan fingerprint density at radius 1 is 1.00 bits per heavy atom. The number of anilines is 1. The van der Waals surface area contributed by atoms with E-state index >= 15 is 0 Å². The van der Waals surface area contributed by atoms with E-state index in [-0.39, 0.29) is 30.3 Å². The smallest absolute Gasteiger partial charge is 0.328 e. The van der Waals surface area contributed by atoms with Crippen LogP contribution in [0.5, 0.6) is 0 Å². The topological polar surface area (TPSA) is 123 Å². The molecule has 184 valence electrons. The lowest BCUT2D eigenvalue weighted by Gasteiger charge is -2.30. The summed E-state index contributed by atoms with van der Waals surface area (Å²) in [5.41, 5.74) is 13.5. The molecule has 3 fully saturated rings. The summed E-state index contributed by atoms with van der Waals surface area (Å²) in [7, 11) is 0. The Labute approximate surface area is 205 Å². The Balaban J connectivity index is 0.00000274. The van der Waals surface area contributed by atoms with Crippen LogP contribution in [0.3, 0.4) is 0 Å². The maximum Gasteiger partial charge on any atom is 0.354 e. The van der Waals surface area contributed by atoms with Gasteiger partial charge in [0.2, 0.25) is 0 Å². The molecule has 3 aliphatic rings. The van der Waals surface area contributed by atoms with E-state index in [1.807, 2.05) is 29.2 Å². The summed E-state index contributed by atoms with van der Waals surface area (Å²) in [6.07, 6.45) is 5.69. The Hall–Kier alpha value is -2.46. The summed E-state index contributed by atoms with van der Waals surface area (Å²) in [4.78, 5) is 33.6. The van der Waals surface area contributed by atoms with Gasteiger partial charge in [0.05, 0.1) is 5.69 Å². The summed E-state index contributed by atoms with van der Waals surface area (Å²) in [5, 5.41) is 2.78. The van der Waals surface area contributed by atoms with E-state index < -0.39 is 5.69 Å². The molecule has 3 atom stereocenters. The molecule has 0 radical (unpaired) electrons. The second kappa shape index (κ2) is 10.4. The number of nitrogens with two attached hydrogens (primary N) is 2. The fourth-order valence-corrected chi connectivity index (χ4v) is 5.50. The van der Waals surface area contributed by atoms with Gasteiger partial charge in [-0.2, -0.15) is 4.98 Å². The minimum absolute atomic E-state index is 0. The summed E-state index contributed by atoms with van der Waals surface area (Å²) >= 11 is 0. The number of rotatable bonds is 4. The Bertz CT molecular complexity index is 1040. The van der Waals surface area contributed by atoms with Crippen LogP contribution >= 0.6 is 12.4 Å². The molecule has 0 bridgehead atoms.